The molecule has 388 valence electrons. The monoisotopic (exact) mass is 991 g/mol. The largest absolute Gasteiger partial charge is 0.488 e. The van der Waals surface area contributed by atoms with E-state index in [-0.39, 0.29) is 84.1 Å². The van der Waals surface area contributed by atoms with E-state index in [0.717, 1.165) is 68.4 Å². The van der Waals surface area contributed by atoms with Crippen molar-refractivity contribution in [2.24, 2.45) is 23.7 Å². The topological polar surface area (TPSA) is 202 Å². The molecule has 4 fully saturated rings. The molecular weight excluding hydrogens is 917 g/mol. The fraction of sp³-hybridized carbons (Fsp3) is 0.600. The Kier molecular flexibility index (Phi) is 14.5. The number of ether oxygens (including phenoxy) is 5. The van der Waals surface area contributed by atoms with Gasteiger partial charge in [-0.2, -0.15) is 0 Å². The van der Waals surface area contributed by atoms with Crippen LogP contribution in [-0.2, 0) is 28.5 Å². The van der Waals surface area contributed by atoms with Crippen molar-refractivity contribution in [2.45, 2.75) is 168 Å². The molecule has 0 unspecified atom stereocenters. The summed E-state index contributed by atoms with van der Waals surface area (Å²) in [5.74, 6) is 2.09. The lowest BCUT2D eigenvalue weighted by Gasteiger charge is -2.39. The van der Waals surface area contributed by atoms with Crippen molar-refractivity contribution in [3.05, 3.63) is 65.0 Å². The molecule has 0 aliphatic carbocycles. The maximum atomic E-state index is 14.8. The summed E-state index contributed by atoms with van der Waals surface area (Å²) in [6.07, 6.45) is 6.60. The van der Waals surface area contributed by atoms with Crippen LogP contribution in [-0.4, -0.2) is 123 Å². The van der Waals surface area contributed by atoms with Crippen molar-refractivity contribution in [1.29, 1.82) is 0 Å². The maximum Gasteiger partial charge on any atom is 0.407 e. The number of nitrogens with one attached hydrogen (secondary N) is 4. The highest BCUT2D eigenvalue weighted by atomic mass is 16.5. The van der Waals surface area contributed by atoms with E-state index in [2.05, 4.69) is 79.5 Å². The van der Waals surface area contributed by atoms with Gasteiger partial charge < -0.3 is 54.1 Å². The van der Waals surface area contributed by atoms with E-state index in [4.69, 9.17) is 33.7 Å². The van der Waals surface area contributed by atoms with Gasteiger partial charge in [-0.05, 0) is 158 Å². The Morgan fingerprint density at radius 1 is 0.736 bits per heavy atom. The third-order valence-corrected chi connectivity index (χ3v) is 16.7. The van der Waals surface area contributed by atoms with Crippen LogP contribution in [0.5, 0.6) is 5.75 Å². The van der Waals surface area contributed by atoms with E-state index in [0.29, 0.717) is 43.9 Å². The summed E-state index contributed by atoms with van der Waals surface area (Å²) in [5, 5.41) is 7.77. The summed E-state index contributed by atoms with van der Waals surface area (Å²) in [7, 11) is 2.64. The van der Waals surface area contributed by atoms with Gasteiger partial charge in [-0.3, -0.25) is 9.59 Å². The Morgan fingerprint density at radius 2 is 1.26 bits per heavy atom. The number of likely N-dealkylation sites (tertiary alicyclic amines) is 2. The fourth-order valence-corrected chi connectivity index (χ4v) is 12.6. The Labute approximate surface area is 422 Å². The predicted molar refractivity (Wildman–Crippen MR) is 274 cm³/mol. The van der Waals surface area contributed by atoms with Gasteiger partial charge >= 0.3 is 12.2 Å². The van der Waals surface area contributed by atoms with Crippen LogP contribution in [0.25, 0.3) is 33.0 Å². The zero-order chi connectivity index (χ0) is 51.4. The van der Waals surface area contributed by atoms with Crippen LogP contribution < -0.4 is 15.4 Å². The van der Waals surface area contributed by atoms with E-state index in [9.17, 15) is 19.2 Å². The maximum absolute atomic E-state index is 14.8. The van der Waals surface area contributed by atoms with Gasteiger partial charge in [0.15, 0.2) is 0 Å². The molecule has 0 saturated carbocycles. The average molecular weight is 991 g/mol. The Morgan fingerprint density at radius 3 is 1.79 bits per heavy atom. The van der Waals surface area contributed by atoms with Gasteiger partial charge in [-0.1, -0.05) is 26.0 Å². The first-order chi connectivity index (χ1) is 34.3. The summed E-state index contributed by atoms with van der Waals surface area (Å²) >= 11 is 0. The third-order valence-electron chi connectivity index (χ3n) is 16.7. The number of amides is 4. The number of fused-ring (bicyclic) bond motifs is 4. The first kappa shape index (κ1) is 51.0. The van der Waals surface area contributed by atoms with Crippen LogP contribution in [0.3, 0.4) is 0 Å². The molecule has 5 aliphatic rings. The number of alkyl carbamates (subject to hydrolysis) is 2. The Balaban J connectivity index is 0.963. The van der Waals surface area contributed by atoms with E-state index in [1.165, 1.54) is 14.2 Å². The number of carbonyl (C=O) groups excluding carboxylic acids is 4. The second-order valence-electron chi connectivity index (χ2n) is 21.7. The fourth-order valence-electron chi connectivity index (χ4n) is 12.6. The quantitative estimate of drug-likeness (QED) is 0.118. The minimum atomic E-state index is -0.770. The van der Waals surface area contributed by atoms with Crippen molar-refractivity contribution < 1.29 is 42.9 Å². The molecule has 17 nitrogen and oxygen atoms in total. The van der Waals surface area contributed by atoms with Gasteiger partial charge in [0.05, 0.1) is 73.6 Å². The highest BCUT2D eigenvalue weighted by molar-refractivity contribution is 6.06. The van der Waals surface area contributed by atoms with E-state index < -0.39 is 24.3 Å². The first-order valence-corrected chi connectivity index (χ1v) is 26.0. The zero-order valence-electron chi connectivity index (χ0n) is 44.0. The summed E-state index contributed by atoms with van der Waals surface area (Å²) in [6, 6.07) is 6.06. The molecule has 2 aromatic carbocycles. The number of hydrogen-bond acceptors (Lipinski definition) is 11. The van der Waals surface area contributed by atoms with Crippen LogP contribution in [0, 0.1) is 23.7 Å². The van der Waals surface area contributed by atoms with Crippen LogP contribution >= 0.6 is 0 Å². The second kappa shape index (κ2) is 20.5. The molecule has 2 aromatic heterocycles. The van der Waals surface area contributed by atoms with Gasteiger partial charge in [0.25, 0.3) is 0 Å². The SMILES string of the molecule is COC(=O)N[C@H](C(=O)N1[C@H](c2ncc(/C(C)=C/C3=C(C)c4cc5ccc6[nH]c([C@@H]7C[C@H](C)[C@H](C)N7C(=O)[C@@H](NC(=O)OC)C7C[C@@H](C)O[C@H](C)C7)nc6c5cc4OC3)[nH]2)C[C@H](C)[C@@H]1C)C1C[C@@H](C)O[C@H](C)C1. The standard InChI is InChI=1S/C55H74N8O9/c1-26-16-44(62(34(26)9)52(64)47(60-54(66)68-11)37-18-29(4)71-30(5)19-37)50-56-24-43(58-50)28(3)15-39-25-70-46-23-41-36(22-40(46)33(39)8)13-14-42-49(41)59-51(57-42)45-17-27(2)35(10)63(45)53(65)48(61-55(67)69-12)38-20-31(6)72-32(7)21-38/h13-15,22-24,26-27,29-32,34-35,37-38,44-45,47-48H,16-21,25H2,1-12H3,(H,56,58)(H,57,59)(H,60,66)(H,61,67)/b28-15+/t26-,27-,29+,30+,31+,32+,34-,35-,44-,45-,47-,48-/m0/s1. The van der Waals surface area contributed by atoms with Crippen LogP contribution in [0.2, 0.25) is 0 Å². The van der Waals surface area contributed by atoms with Gasteiger partial charge in [-0.25, -0.2) is 19.6 Å². The van der Waals surface area contributed by atoms with Crippen LogP contribution in [0.4, 0.5) is 9.59 Å². The van der Waals surface area contributed by atoms with Crippen molar-refractivity contribution >= 4 is 57.0 Å². The highest BCUT2D eigenvalue weighted by Crippen LogP contribution is 2.45. The molecule has 0 spiro atoms. The number of benzene rings is 2. The Bertz CT molecular complexity index is 2760. The molecule has 0 radical (unpaired) electrons. The average Bonchev–Trinajstić information content (AvgIpc) is 4.14. The summed E-state index contributed by atoms with van der Waals surface area (Å²) < 4.78 is 28.6. The minimum Gasteiger partial charge on any atom is -0.488 e. The van der Waals surface area contributed by atoms with Crippen LogP contribution in [0.1, 0.15) is 143 Å². The molecule has 7 heterocycles. The number of rotatable bonds is 10. The molecule has 12 atom stereocenters. The zero-order valence-corrected chi connectivity index (χ0v) is 44.0. The third kappa shape index (κ3) is 9.82. The van der Waals surface area contributed by atoms with E-state index in [1.807, 2.05) is 56.7 Å². The number of hydrogen-bond donors (Lipinski definition) is 4. The van der Waals surface area contributed by atoms with Crippen molar-refractivity contribution in [2.75, 3.05) is 20.8 Å². The summed E-state index contributed by atoms with van der Waals surface area (Å²) in [6.45, 7) is 21.0. The summed E-state index contributed by atoms with van der Waals surface area (Å²) in [4.78, 5) is 75.9. The van der Waals surface area contributed by atoms with Gasteiger partial charge in [-0.15, -0.1) is 0 Å². The molecule has 4 aromatic rings. The van der Waals surface area contributed by atoms with Crippen LogP contribution in [0.15, 0.2) is 42.1 Å². The molecule has 5 aliphatic heterocycles. The number of aromatic nitrogens is 4. The molecule has 4 amide bonds. The van der Waals surface area contributed by atoms with Gasteiger partial charge in [0, 0.05) is 23.0 Å². The van der Waals surface area contributed by atoms with Crippen molar-refractivity contribution in [3.63, 3.8) is 0 Å². The molecule has 17 heteroatoms. The van der Waals surface area contributed by atoms with Gasteiger partial charge in [0.1, 0.15) is 36.1 Å². The lowest BCUT2D eigenvalue weighted by atomic mass is 9.85. The number of imidazole rings is 2. The first-order valence-electron chi connectivity index (χ1n) is 26.0. The molecule has 4 N–H and O–H groups in total. The normalized spacial score (nSPS) is 30.8. The molecular formula is C55H74N8O9. The van der Waals surface area contributed by atoms with Gasteiger partial charge in [0.2, 0.25) is 11.8 Å². The number of carbonyl (C=O) groups is 4. The van der Waals surface area contributed by atoms with E-state index in [1.54, 1.807) is 0 Å². The molecule has 0 bridgehead atoms. The summed E-state index contributed by atoms with van der Waals surface area (Å²) in [5.41, 5.74) is 6.62. The molecule has 4 saturated heterocycles. The van der Waals surface area contributed by atoms with E-state index >= 15 is 0 Å². The lowest BCUT2D eigenvalue weighted by Crippen LogP contribution is -2.55. The minimum absolute atomic E-state index is 0.0388. The molecule has 72 heavy (non-hydrogen) atoms. The van der Waals surface area contributed by atoms with Crippen molar-refractivity contribution in [3.8, 4) is 5.75 Å². The number of H-pyrrole nitrogens is 2. The number of nitrogens with zero attached hydrogens (tertiary/aromatic N) is 4. The highest BCUT2D eigenvalue weighted by Gasteiger charge is 2.48. The molecule has 9 rings (SSSR count). The second-order valence-corrected chi connectivity index (χ2v) is 21.7. The smallest absolute Gasteiger partial charge is 0.407 e. The predicted octanol–water partition coefficient (Wildman–Crippen LogP) is 9.16. The number of methoxy groups -OCH3 is 2. The lowest BCUT2D eigenvalue weighted by molar-refractivity contribution is -0.141. The number of aromatic amines is 2. The van der Waals surface area contributed by atoms with Crippen molar-refractivity contribution in [1.82, 2.24) is 40.4 Å². The number of allylic oxidation sites excluding steroid dienone is 2. The Hall–Kier alpha value is -5.94.